The molecule has 1 unspecified atom stereocenters. The number of ether oxygens (including phenoxy) is 2. The molecule has 0 aromatic heterocycles. The largest absolute Gasteiger partial charge is 0.469 e. The molecule has 0 aliphatic rings. The van der Waals surface area contributed by atoms with E-state index in [4.69, 9.17) is 19.3 Å². The number of unbranched alkanes of at least 4 members (excludes halogenated alkanes) is 18. The lowest BCUT2D eigenvalue weighted by Crippen LogP contribution is -2.29. The van der Waals surface area contributed by atoms with E-state index in [1.165, 1.54) is 83.5 Å². The molecule has 0 amide bonds. The van der Waals surface area contributed by atoms with Crippen molar-refractivity contribution < 1.29 is 37.9 Å². The minimum atomic E-state index is -4.74. The fourth-order valence-corrected chi connectivity index (χ4v) is 5.17. The molecule has 0 bridgehead atoms. The van der Waals surface area contributed by atoms with Gasteiger partial charge >= 0.3 is 19.8 Å². The Morgan fingerprint density at radius 2 is 1.02 bits per heavy atom. The summed E-state index contributed by atoms with van der Waals surface area (Å²) in [6, 6.07) is 0. The molecule has 0 fully saturated rings. The van der Waals surface area contributed by atoms with Crippen LogP contribution < -0.4 is 0 Å². The van der Waals surface area contributed by atoms with Crippen molar-refractivity contribution in [1.82, 2.24) is 0 Å². The standard InChI is InChI=1S/C35H65O8P/c1-3-5-7-9-11-13-14-15-16-17-18-19-20-21-22-24-26-28-30-35(37)43-33(32-42-44(38,39)40)31-41-34(36)29-27-25-23-12-10-8-6-4-2/h13-14,16-17,33H,3-12,15,18-32H2,1-2H3,(H2,38,39,40)/b14-13-,17-16-. The summed E-state index contributed by atoms with van der Waals surface area (Å²) in [7, 11) is -4.74. The van der Waals surface area contributed by atoms with Crippen LogP contribution in [0.2, 0.25) is 0 Å². The lowest BCUT2D eigenvalue weighted by Gasteiger charge is -2.18. The van der Waals surface area contributed by atoms with Crippen molar-refractivity contribution in [2.75, 3.05) is 13.2 Å². The minimum Gasteiger partial charge on any atom is -0.462 e. The molecule has 0 aromatic rings. The second-order valence-electron chi connectivity index (χ2n) is 11.8. The summed E-state index contributed by atoms with van der Waals surface area (Å²) in [5, 5.41) is 0. The molecule has 0 aliphatic heterocycles. The zero-order chi connectivity index (χ0) is 32.6. The highest BCUT2D eigenvalue weighted by Crippen LogP contribution is 2.36. The molecule has 1 atom stereocenters. The highest BCUT2D eigenvalue weighted by atomic mass is 31.2. The van der Waals surface area contributed by atoms with Gasteiger partial charge in [-0.25, -0.2) is 4.57 Å². The van der Waals surface area contributed by atoms with Gasteiger partial charge in [0, 0.05) is 12.8 Å². The predicted molar refractivity (Wildman–Crippen MR) is 179 cm³/mol. The van der Waals surface area contributed by atoms with Crippen LogP contribution in [-0.4, -0.2) is 41.0 Å². The number of rotatable bonds is 32. The van der Waals surface area contributed by atoms with Gasteiger partial charge in [0.25, 0.3) is 0 Å². The third-order valence-electron chi connectivity index (χ3n) is 7.47. The minimum absolute atomic E-state index is 0.205. The van der Waals surface area contributed by atoms with Crippen molar-refractivity contribution in [3.63, 3.8) is 0 Å². The molecule has 0 spiro atoms. The van der Waals surface area contributed by atoms with Crippen LogP contribution in [0.15, 0.2) is 24.3 Å². The number of carbonyl (C=O) groups is 2. The topological polar surface area (TPSA) is 119 Å². The zero-order valence-electron chi connectivity index (χ0n) is 28.1. The molecule has 0 saturated heterocycles. The number of allylic oxidation sites excluding steroid dienone is 4. The van der Waals surface area contributed by atoms with E-state index in [1.54, 1.807) is 0 Å². The van der Waals surface area contributed by atoms with E-state index in [0.717, 1.165) is 51.4 Å². The lowest BCUT2D eigenvalue weighted by atomic mass is 10.1. The maximum Gasteiger partial charge on any atom is 0.469 e. The molecule has 0 radical (unpaired) electrons. The Bertz CT molecular complexity index is 777. The normalized spacial score (nSPS) is 12.7. The van der Waals surface area contributed by atoms with Crippen molar-refractivity contribution in [1.29, 1.82) is 0 Å². The summed E-state index contributed by atoms with van der Waals surface area (Å²) >= 11 is 0. The van der Waals surface area contributed by atoms with Crippen LogP contribution in [0.5, 0.6) is 0 Å². The van der Waals surface area contributed by atoms with E-state index >= 15 is 0 Å². The molecule has 2 N–H and O–H groups in total. The molecular formula is C35H65O8P. The Morgan fingerprint density at radius 3 is 1.52 bits per heavy atom. The first-order chi connectivity index (χ1) is 21.3. The van der Waals surface area contributed by atoms with Crippen molar-refractivity contribution in [3.8, 4) is 0 Å². The number of esters is 2. The molecule has 258 valence electrons. The Morgan fingerprint density at radius 1 is 0.591 bits per heavy atom. The van der Waals surface area contributed by atoms with Crippen molar-refractivity contribution >= 4 is 19.8 Å². The quantitative estimate of drug-likeness (QED) is 0.0321. The van der Waals surface area contributed by atoms with Gasteiger partial charge in [0.2, 0.25) is 0 Å². The van der Waals surface area contributed by atoms with Gasteiger partial charge in [0.05, 0.1) is 6.61 Å². The molecule has 0 rings (SSSR count). The first kappa shape index (κ1) is 42.5. The summed E-state index contributed by atoms with van der Waals surface area (Å²) in [4.78, 5) is 42.4. The second-order valence-corrected chi connectivity index (χ2v) is 13.1. The van der Waals surface area contributed by atoms with Crippen LogP contribution in [0.25, 0.3) is 0 Å². The Kier molecular flexibility index (Phi) is 30.5. The van der Waals surface area contributed by atoms with Crippen LogP contribution in [0.3, 0.4) is 0 Å². The van der Waals surface area contributed by atoms with E-state index in [2.05, 4.69) is 42.7 Å². The third-order valence-corrected chi connectivity index (χ3v) is 7.96. The van der Waals surface area contributed by atoms with Gasteiger partial charge in [0.1, 0.15) is 6.61 Å². The highest BCUT2D eigenvalue weighted by Gasteiger charge is 2.22. The average Bonchev–Trinajstić information content (AvgIpc) is 2.98. The lowest BCUT2D eigenvalue weighted by molar-refractivity contribution is -0.161. The highest BCUT2D eigenvalue weighted by molar-refractivity contribution is 7.46. The van der Waals surface area contributed by atoms with Crippen molar-refractivity contribution in [3.05, 3.63) is 24.3 Å². The van der Waals surface area contributed by atoms with Crippen LogP contribution in [0, 0.1) is 0 Å². The second kappa shape index (κ2) is 31.5. The van der Waals surface area contributed by atoms with E-state index in [0.29, 0.717) is 6.42 Å². The number of hydrogen-bond donors (Lipinski definition) is 2. The molecule has 0 heterocycles. The number of hydrogen-bond acceptors (Lipinski definition) is 6. The maximum atomic E-state index is 12.3. The van der Waals surface area contributed by atoms with Gasteiger partial charge in [-0.2, -0.15) is 0 Å². The molecule has 44 heavy (non-hydrogen) atoms. The summed E-state index contributed by atoms with van der Waals surface area (Å²) in [6.07, 6.45) is 33.4. The molecule has 9 heteroatoms. The zero-order valence-corrected chi connectivity index (χ0v) is 29.0. The smallest absolute Gasteiger partial charge is 0.462 e. The van der Waals surface area contributed by atoms with E-state index < -0.39 is 32.5 Å². The number of phosphoric acid groups is 1. The monoisotopic (exact) mass is 644 g/mol. The molecule has 0 aliphatic carbocycles. The van der Waals surface area contributed by atoms with Gasteiger partial charge in [-0.15, -0.1) is 0 Å². The molecule has 0 aromatic carbocycles. The summed E-state index contributed by atoms with van der Waals surface area (Å²) < 4.78 is 26.2. The van der Waals surface area contributed by atoms with Crippen LogP contribution in [0.4, 0.5) is 0 Å². The van der Waals surface area contributed by atoms with Gasteiger partial charge in [-0.1, -0.05) is 134 Å². The van der Waals surface area contributed by atoms with Gasteiger partial charge in [0.15, 0.2) is 6.10 Å². The number of carbonyl (C=O) groups excluding carboxylic acids is 2. The maximum absolute atomic E-state index is 12.3. The van der Waals surface area contributed by atoms with Gasteiger partial charge in [-0.3, -0.25) is 14.1 Å². The third kappa shape index (κ3) is 33.4. The summed E-state index contributed by atoms with van der Waals surface area (Å²) in [5.74, 6) is -0.897. The fourth-order valence-electron chi connectivity index (χ4n) is 4.81. The Labute approximate surface area is 269 Å². The Balaban J connectivity index is 3.95. The first-order valence-electron chi connectivity index (χ1n) is 17.6. The van der Waals surface area contributed by atoms with Crippen molar-refractivity contribution in [2.24, 2.45) is 0 Å². The fraction of sp³-hybridized carbons (Fsp3) is 0.829. The average molecular weight is 645 g/mol. The van der Waals surface area contributed by atoms with E-state index in [1.807, 2.05) is 0 Å². The van der Waals surface area contributed by atoms with Gasteiger partial charge < -0.3 is 19.3 Å². The summed E-state index contributed by atoms with van der Waals surface area (Å²) in [5.41, 5.74) is 0. The molecular weight excluding hydrogens is 579 g/mol. The van der Waals surface area contributed by atoms with Gasteiger partial charge in [-0.05, 0) is 44.9 Å². The molecule has 0 saturated carbocycles. The summed E-state index contributed by atoms with van der Waals surface area (Å²) in [6.45, 7) is 3.61. The van der Waals surface area contributed by atoms with Crippen LogP contribution >= 0.6 is 7.82 Å². The van der Waals surface area contributed by atoms with E-state index in [9.17, 15) is 14.2 Å². The van der Waals surface area contributed by atoms with Crippen LogP contribution in [-0.2, 0) is 28.2 Å². The molecule has 8 nitrogen and oxygen atoms in total. The van der Waals surface area contributed by atoms with Crippen molar-refractivity contribution in [2.45, 2.75) is 174 Å². The van der Waals surface area contributed by atoms with E-state index in [-0.39, 0.29) is 19.4 Å². The predicted octanol–water partition coefficient (Wildman–Crippen LogP) is 10.1. The first-order valence-corrected chi connectivity index (χ1v) is 19.2. The Hall–Kier alpha value is -1.47. The SMILES string of the molecule is CCCCCC/C=C\C/C=C\CCCCCCCCCC(=O)OC(COC(=O)CCCCCCCCCC)COP(=O)(O)O. The number of phosphoric ester groups is 1. The van der Waals surface area contributed by atoms with Crippen LogP contribution in [0.1, 0.15) is 168 Å².